The van der Waals surface area contributed by atoms with E-state index in [0.29, 0.717) is 0 Å². The fourth-order valence-corrected chi connectivity index (χ4v) is 1.29. The summed E-state index contributed by atoms with van der Waals surface area (Å²) in [6.45, 7) is 6.46. The van der Waals surface area contributed by atoms with E-state index in [2.05, 4.69) is 20.8 Å². The number of hydrogen-bond donors (Lipinski definition) is 1. The van der Waals surface area contributed by atoms with Gasteiger partial charge in [-0.25, -0.2) is 0 Å². The second-order valence-corrected chi connectivity index (χ2v) is 4.62. The van der Waals surface area contributed by atoms with Gasteiger partial charge < -0.3 is 5.11 Å². The van der Waals surface area contributed by atoms with Gasteiger partial charge in [0.25, 0.3) is 0 Å². The van der Waals surface area contributed by atoms with Crippen molar-refractivity contribution in [2.24, 2.45) is 0 Å². The summed E-state index contributed by atoms with van der Waals surface area (Å²) in [6.07, 6.45) is 0. The predicted octanol–water partition coefficient (Wildman–Crippen LogP) is 3.21. The van der Waals surface area contributed by atoms with Crippen LogP contribution in [0.25, 0.3) is 0 Å². The number of halogens is 1. The summed E-state index contributed by atoms with van der Waals surface area (Å²) in [7, 11) is 0. The molecule has 0 heterocycles. The van der Waals surface area contributed by atoms with Crippen molar-refractivity contribution < 1.29 is 5.11 Å². The van der Waals surface area contributed by atoms with Gasteiger partial charge >= 0.3 is 0 Å². The van der Waals surface area contributed by atoms with Crippen LogP contribution in [0.4, 0.5) is 0 Å². The molecule has 72 valence electrons. The topological polar surface area (TPSA) is 20.2 Å². The second-order valence-electron chi connectivity index (χ2n) is 4.21. The van der Waals surface area contributed by atoms with Crippen molar-refractivity contribution in [2.75, 3.05) is 0 Å². The van der Waals surface area contributed by atoms with Crippen LogP contribution in [0.2, 0.25) is 0 Å². The van der Waals surface area contributed by atoms with E-state index in [9.17, 15) is 0 Å². The third-order valence-electron chi connectivity index (χ3n) is 2.05. The van der Waals surface area contributed by atoms with Gasteiger partial charge in [-0.1, -0.05) is 56.6 Å². The average molecular weight is 199 g/mol. The van der Waals surface area contributed by atoms with Crippen LogP contribution in [0.15, 0.2) is 24.3 Å². The van der Waals surface area contributed by atoms with Crippen LogP contribution in [0.5, 0.6) is 0 Å². The Morgan fingerprint density at radius 3 is 1.92 bits per heavy atom. The highest BCUT2D eigenvalue weighted by Crippen LogP contribution is 2.24. The maximum atomic E-state index is 9.08. The van der Waals surface area contributed by atoms with Crippen molar-refractivity contribution in [2.45, 2.75) is 31.7 Å². The van der Waals surface area contributed by atoms with E-state index in [4.69, 9.17) is 16.7 Å². The lowest BCUT2D eigenvalue weighted by atomic mass is 9.87. The molecular formula is C11H15ClO. The zero-order valence-electron chi connectivity index (χ0n) is 8.21. The Hall–Kier alpha value is -0.530. The molecule has 0 aliphatic rings. The molecule has 0 spiro atoms. The summed E-state index contributed by atoms with van der Waals surface area (Å²) in [6, 6.07) is 7.72. The van der Waals surface area contributed by atoms with E-state index in [-0.39, 0.29) is 5.41 Å². The Balaban J connectivity index is 2.94. The SMILES string of the molecule is CC(C)(C)c1ccc(C(O)Cl)cc1. The third kappa shape index (κ3) is 2.71. The highest BCUT2D eigenvalue weighted by molar-refractivity contribution is 6.19. The summed E-state index contributed by atoms with van der Waals surface area (Å²) < 4.78 is 0. The Morgan fingerprint density at radius 2 is 1.62 bits per heavy atom. The summed E-state index contributed by atoms with van der Waals surface area (Å²) in [5, 5.41) is 9.08. The summed E-state index contributed by atoms with van der Waals surface area (Å²) in [5.74, 6) is 0. The van der Waals surface area contributed by atoms with Crippen LogP contribution in [-0.4, -0.2) is 5.11 Å². The highest BCUT2D eigenvalue weighted by atomic mass is 35.5. The molecule has 0 aliphatic carbocycles. The Morgan fingerprint density at radius 1 is 1.15 bits per heavy atom. The molecule has 1 rings (SSSR count). The molecule has 1 unspecified atom stereocenters. The van der Waals surface area contributed by atoms with Crippen LogP contribution in [0.3, 0.4) is 0 Å². The van der Waals surface area contributed by atoms with Gasteiger partial charge in [0.2, 0.25) is 0 Å². The van der Waals surface area contributed by atoms with Crippen LogP contribution < -0.4 is 0 Å². The van der Waals surface area contributed by atoms with Gasteiger partial charge in [-0.15, -0.1) is 0 Å². The number of aliphatic hydroxyl groups is 1. The van der Waals surface area contributed by atoms with Gasteiger partial charge in [-0.3, -0.25) is 0 Å². The first-order valence-corrected chi connectivity index (χ1v) is 4.77. The number of alkyl halides is 1. The van der Waals surface area contributed by atoms with E-state index in [0.717, 1.165) is 5.56 Å². The fourth-order valence-electron chi connectivity index (χ4n) is 1.14. The quantitative estimate of drug-likeness (QED) is 0.688. The van der Waals surface area contributed by atoms with E-state index in [1.807, 2.05) is 24.3 Å². The lowest BCUT2D eigenvalue weighted by Crippen LogP contribution is -2.10. The minimum absolute atomic E-state index is 0.149. The lowest BCUT2D eigenvalue weighted by Gasteiger charge is -2.19. The smallest absolute Gasteiger partial charge is 0.153 e. The maximum absolute atomic E-state index is 9.08. The monoisotopic (exact) mass is 198 g/mol. The van der Waals surface area contributed by atoms with Gasteiger partial charge in [0.05, 0.1) is 0 Å². The zero-order valence-corrected chi connectivity index (χ0v) is 8.97. The molecular weight excluding hydrogens is 184 g/mol. The molecule has 1 nitrogen and oxygen atoms in total. The standard InChI is InChI=1S/C11H15ClO/c1-11(2,3)9-6-4-8(5-7-9)10(12)13/h4-7,10,13H,1-3H3. The summed E-state index contributed by atoms with van der Waals surface area (Å²) >= 11 is 5.53. The van der Waals surface area contributed by atoms with Gasteiger partial charge in [-0.05, 0) is 16.5 Å². The molecule has 0 radical (unpaired) electrons. The molecule has 1 atom stereocenters. The average Bonchev–Trinajstić information content (AvgIpc) is 2.03. The fraction of sp³-hybridized carbons (Fsp3) is 0.455. The molecule has 0 saturated heterocycles. The molecule has 0 aliphatic heterocycles. The maximum Gasteiger partial charge on any atom is 0.153 e. The number of hydrogen-bond acceptors (Lipinski definition) is 1. The van der Waals surface area contributed by atoms with Crippen molar-refractivity contribution in [3.05, 3.63) is 35.4 Å². The van der Waals surface area contributed by atoms with Crippen LogP contribution >= 0.6 is 11.6 Å². The lowest BCUT2D eigenvalue weighted by molar-refractivity contribution is 0.263. The zero-order chi connectivity index (χ0) is 10.1. The van der Waals surface area contributed by atoms with E-state index < -0.39 is 5.56 Å². The van der Waals surface area contributed by atoms with Crippen LogP contribution in [0.1, 0.15) is 37.5 Å². The van der Waals surface area contributed by atoms with Gasteiger partial charge in [0, 0.05) is 0 Å². The van der Waals surface area contributed by atoms with Crippen molar-refractivity contribution in [3.8, 4) is 0 Å². The summed E-state index contributed by atoms with van der Waals surface area (Å²) in [4.78, 5) is 0. The van der Waals surface area contributed by atoms with Gasteiger partial charge in [0.15, 0.2) is 5.56 Å². The first-order valence-electron chi connectivity index (χ1n) is 4.34. The third-order valence-corrected chi connectivity index (χ3v) is 2.30. The molecule has 2 heteroatoms. The van der Waals surface area contributed by atoms with Crippen LogP contribution in [-0.2, 0) is 5.41 Å². The predicted molar refractivity (Wildman–Crippen MR) is 56.0 cm³/mol. The second kappa shape index (κ2) is 3.69. The Kier molecular flexibility index (Phi) is 2.99. The largest absolute Gasteiger partial charge is 0.373 e. The highest BCUT2D eigenvalue weighted by Gasteiger charge is 2.13. The normalized spacial score (nSPS) is 14.2. The summed E-state index contributed by atoms with van der Waals surface area (Å²) in [5.41, 5.74) is 1.24. The van der Waals surface area contributed by atoms with Gasteiger partial charge in [0.1, 0.15) is 0 Å². The molecule has 0 fully saturated rings. The molecule has 0 saturated carbocycles. The molecule has 1 aromatic carbocycles. The number of rotatable bonds is 1. The molecule has 13 heavy (non-hydrogen) atoms. The van der Waals surface area contributed by atoms with E-state index >= 15 is 0 Å². The molecule has 0 amide bonds. The Labute approximate surface area is 84.4 Å². The van der Waals surface area contributed by atoms with E-state index in [1.54, 1.807) is 0 Å². The van der Waals surface area contributed by atoms with Crippen molar-refractivity contribution in [1.29, 1.82) is 0 Å². The van der Waals surface area contributed by atoms with Crippen LogP contribution in [0, 0.1) is 0 Å². The Bertz CT molecular complexity index is 269. The molecule has 0 aromatic heterocycles. The minimum Gasteiger partial charge on any atom is -0.373 e. The first-order chi connectivity index (χ1) is 5.91. The van der Waals surface area contributed by atoms with Crippen molar-refractivity contribution in [1.82, 2.24) is 0 Å². The van der Waals surface area contributed by atoms with Crippen molar-refractivity contribution in [3.63, 3.8) is 0 Å². The molecule has 1 aromatic rings. The van der Waals surface area contributed by atoms with Crippen molar-refractivity contribution >= 4 is 11.6 Å². The first kappa shape index (κ1) is 10.6. The minimum atomic E-state index is -0.894. The molecule has 1 N–H and O–H groups in total. The molecule has 0 bridgehead atoms. The van der Waals surface area contributed by atoms with E-state index in [1.165, 1.54) is 5.56 Å². The van der Waals surface area contributed by atoms with Gasteiger partial charge in [-0.2, -0.15) is 0 Å². The number of benzene rings is 1. The number of aliphatic hydroxyl groups excluding tert-OH is 1.